The van der Waals surface area contributed by atoms with E-state index in [2.05, 4.69) is 31.5 Å². The second kappa shape index (κ2) is 10.3. The first-order chi connectivity index (χ1) is 15.5. The van der Waals surface area contributed by atoms with E-state index in [4.69, 9.17) is 21.1 Å². The lowest BCUT2D eigenvalue weighted by atomic mass is 10.2. The Morgan fingerprint density at radius 3 is 2.55 bits per heavy atom. The number of nitrogens with zero attached hydrogens (tertiary/aromatic N) is 2. The highest BCUT2D eigenvalue weighted by Crippen LogP contribution is 2.27. The fraction of sp³-hybridized carbons (Fsp3) is 0.429. The lowest BCUT2D eigenvalue weighted by Gasteiger charge is -2.18. The Hall–Kier alpha value is -3.02. The zero-order chi connectivity index (χ0) is 24.2. The van der Waals surface area contributed by atoms with Gasteiger partial charge in [-0.1, -0.05) is 11.6 Å². The molecule has 10 nitrogen and oxygen atoms in total. The number of hydrogen-bond acceptors (Lipinski definition) is 8. The molecule has 2 amide bonds. The fourth-order valence-corrected chi connectivity index (χ4v) is 3.25. The minimum absolute atomic E-state index is 0.0402. The Bertz CT molecular complexity index is 1020. The minimum atomic E-state index is -0.801. The van der Waals surface area contributed by atoms with Crippen molar-refractivity contribution >= 4 is 29.4 Å². The van der Waals surface area contributed by atoms with E-state index in [1.807, 2.05) is 27.7 Å². The molecule has 4 N–H and O–H groups in total. The summed E-state index contributed by atoms with van der Waals surface area (Å²) in [5.74, 6) is -1.94. The molecule has 1 fully saturated rings. The maximum absolute atomic E-state index is 14.5. The first-order valence-corrected chi connectivity index (χ1v) is 10.6. The molecule has 0 spiro atoms. The smallest absolute Gasteiger partial charge is 0.272 e. The van der Waals surface area contributed by atoms with Gasteiger partial charge >= 0.3 is 0 Å². The molecule has 1 aliphatic rings. The number of rotatable bonds is 7. The second-order valence-corrected chi connectivity index (χ2v) is 8.65. The van der Waals surface area contributed by atoms with Crippen LogP contribution in [0.15, 0.2) is 24.5 Å². The van der Waals surface area contributed by atoms with Crippen molar-refractivity contribution in [2.75, 3.05) is 18.5 Å². The highest BCUT2D eigenvalue weighted by molar-refractivity contribution is 6.34. The third kappa shape index (κ3) is 6.73. The van der Waals surface area contributed by atoms with Gasteiger partial charge in [0, 0.05) is 24.5 Å². The van der Waals surface area contributed by atoms with Crippen molar-refractivity contribution in [2.24, 2.45) is 0 Å². The van der Waals surface area contributed by atoms with Gasteiger partial charge in [-0.15, -0.1) is 0 Å². The van der Waals surface area contributed by atoms with E-state index in [1.54, 1.807) is 0 Å². The Kier molecular flexibility index (Phi) is 7.67. The predicted octanol–water partition coefficient (Wildman–Crippen LogP) is 2.27. The highest BCUT2D eigenvalue weighted by atomic mass is 35.5. The summed E-state index contributed by atoms with van der Waals surface area (Å²) in [4.78, 5) is 32.6. The van der Waals surface area contributed by atoms with Crippen LogP contribution in [0.2, 0.25) is 5.02 Å². The molecule has 1 aromatic heterocycles. The van der Waals surface area contributed by atoms with Crippen molar-refractivity contribution in [3.8, 4) is 5.75 Å². The maximum atomic E-state index is 14.5. The third-order valence-corrected chi connectivity index (χ3v) is 4.84. The van der Waals surface area contributed by atoms with Crippen LogP contribution in [-0.2, 0) is 4.74 Å². The Morgan fingerprint density at radius 2 is 1.94 bits per heavy atom. The number of ether oxygens (including phenoxy) is 2. The van der Waals surface area contributed by atoms with Crippen LogP contribution in [0.5, 0.6) is 5.75 Å². The van der Waals surface area contributed by atoms with Crippen LogP contribution in [0, 0.1) is 5.82 Å². The maximum Gasteiger partial charge on any atom is 0.272 e. The van der Waals surface area contributed by atoms with Crippen LogP contribution < -0.4 is 26.2 Å². The molecule has 178 valence electrons. The van der Waals surface area contributed by atoms with Gasteiger partial charge in [-0.2, -0.15) is 0 Å². The summed E-state index contributed by atoms with van der Waals surface area (Å²) in [6, 6.07) is 2.17. The zero-order valence-corrected chi connectivity index (χ0v) is 19.4. The average Bonchev–Trinajstić information content (AvgIpc) is 3.10. The van der Waals surface area contributed by atoms with Crippen molar-refractivity contribution in [3.05, 3.63) is 46.5 Å². The predicted molar refractivity (Wildman–Crippen MR) is 120 cm³/mol. The van der Waals surface area contributed by atoms with Gasteiger partial charge in [0.1, 0.15) is 12.3 Å². The minimum Gasteiger partial charge on any atom is -0.489 e. The number of nitrogens with one attached hydrogen (secondary N) is 4. The molecule has 2 heterocycles. The molecule has 1 saturated heterocycles. The lowest BCUT2D eigenvalue weighted by molar-refractivity contribution is 0.0230. The van der Waals surface area contributed by atoms with Crippen molar-refractivity contribution in [1.82, 2.24) is 26.1 Å². The second-order valence-electron chi connectivity index (χ2n) is 8.24. The summed E-state index contributed by atoms with van der Waals surface area (Å²) in [5.41, 5.74) is 3.88. The van der Waals surface area contributed by atoms with Gasteiger partial charge in [0.2, 0.25) is 5.95 Å². The summed E-state index contributed by atoms with van der Waals surface area (Å²) in [7, 11) is 0. The first kappa shape index (κ1) is 24.6. The molecule has 1 aromatic carbocycles. The van der Waals surface area contributed by atoms with Gasteiger partial charge in [0.05, 0.1) is 28.8 Å². The number of benzene rings is 1. The van der Waals surface area contributed by atoms with E-state index in [9.17, 15) is 14.0 Å². The molecule has 12 heteroatoms. The van der Waals surface area contributed by atoms with E-state index in [0.29, 0.717) is 12.6 Å². The summed E-state index contributed by atoms with van der Waals surface area (Å²) in [6.07, 6.45) is 2.62. The molecule has 0 aliphatic carbocycles. The SMILES string of the molecule is CC(C)Nc1ncc(C(=O)NNC(=O)c2cc(F)c(OCC3COC(C)(C)N3)cc2Cl)cn1. The van der Waals surface area contributed by atoms with E-state index in [1.165, 1.54) is 18.5 Å². The molecule has 1 unspecified atom stereocenters. The molecule has 2 aromatic rings. The van der Waals surface area contributed by atoms with Crippen molar-refractivity contribution in [1.29, 1.82) is 0 Å². The first-order valence-electron chi connectivity index (χ1n) is 10.3. The third-order valence-electron chi connectivity index (χ3n) is 4.52. The number of halogens is 2. The number of anilines is 1. The van der Waals surface area contributed by atoms with E-state index in [-0.39, 0.29) is 40.6 Å². The standard InChI is InChI=1S/C21H26ClFN6O4/c1-11(2)26-20-24-7-12(8-25-20)18(30)28-29-19(31)14-5-16(23)17(6-15(14)22)32-9-13-10-33-21(3,4)27-13/h5-8,11,13,27H,9-10H2,1-4H3,(H,28,30)(H,29,31)(H,24,25,26). The van der Waals surface area contributed by atoms with Crippen LogP contribution in [0.4, 0.5) is 10.3 Å². The Morgan fingerprint density at radius 1 is 1.27 bits per heavy atom. The topological polar surface area (TPSA) is 127 Å². The molecular weight excluding hydrogens is 455 g/mol. The molecular formula is C21H26ClFN6O4. The molecule has 1 atom stereocenters. The van der Waals surface area contributed by atoms with E-state index >= 15 is 0 Å². The van der Waals surface area contributed by atoms with Crippen molar-refractivity contribution in [2.45, 2.75) is 45.5 Å². The highest BCUT2D eigenvalue weighted by Gasteiger charge is 2.31. The average molecular weight is 481 g/mol. The van der Waals surface area contributed by atoms with Gasteiger partial charge in [-0.05, 0) is 33.8 Å². The van der Waals surface area contributed by atoms with Crippen molar-refractivity contribution < 1.29 is 23.5 Å². The fourth-order valence-electron chi connectivity index (χ4n) is 3.01. The molecule has 1 aliphatic heterocycles. The number of amides is 2. The van der Waals surface area contributed by atoms with Crippen molar-refractivity contribution in [3.63, 3.8) is 0 Å². The van der Waals surface area contributed by atoms with Crippen LogP contribution >= 0.6 is 11.6 Å². The van der Waals surface area contributed by atoms with Crippen LogP contribution in [0.3, 0.4) is 0 Å². The number of hydrazine groups is 1. The van der Waals surface area contributed by atoms with Crippen LogP contribution in [0.1, 0.15) is 48.4 Å². The zero-order valence-electron chi connectivity index (χ0n) is 18.7. The van der Waals surface area contributed by atoms with E-state index in [0.717, 1.165) is 6.07 Å². The summed E-state index contributed by atoms with van der Waals surface area (Å²) in [6.45, 7) is 8.19. The quantitative estimate of drug-likeness (QED) is 0.444. The molecule has 3 rings (SSSR count). The van der Waals surface area contributed by atoms with Gasteiger partial charge < -0.3 is 14.8 Å². The van der Waals surface area contributed by atoms with Gasteiger partial charge in [0.15, 0.2) is 11.6 Å². The lowest BCUT2D eigenvalue weighted by Crippen LogP contribution is -2.42. The normalized spacial score (nSPS) is 17.0. The molecule has 0 bridgehead atoms. The Labute approximate surface area is 195 Å². The molecule has 33 heavy (non-hydrogen) atoms. The van der Waals surface area contributed by atoms with Crippen LogP contribution in [-0.4, -0.2) is 52.8 Å². The van der Waals surface area contributed by atoms with Gasteiger partial charge in [-0.25, -0.2) is 14.4 Å². The summed E-state index contributed by atoms with van der Waals surface area (Å²) < 4.78 is 25.5. The number of carbonyl (C=O) groups excluding carboxylic acids is 2. The summed E-state index contributed by atoms with van der Waals surface area (Å²) in [5, 5.41) is 6.15. The number of hydrogen-bond donors (Lipinski definition) is 4. The van der Waals surface area contributed by atoms with Gasteiger partial charge in [0.25, 0.3) is 11.8 Å². The monoisotopic (exact) mass is 480 g/mol. The van der Waals surface area contributed by atoms with Crippen LogP contribution in [0.25, 0.3) is 0 Å². The Balaban J connectivity index is 1.56. The van der Waals surface area contributed by atoms with Gasteiger partial charge in [-0.3, -0.25) is 25.8 Å². The number of aromatic nitrogens is 2. The number of carbonyl (C=O) groups is 2. The largest absolute Gasteiger partial charge is 0.489 e. The van der Waals surface area contributed by atoms with E-state index < -0.39 is 23.4 Å². The molecule has 0 saturated carbocycles. The molecule has 0 radical (unpaired) electrons. The summed E-state index contributed by atoms with van der Waals surface area (Å²) >= 11 is 6.14.